The fraction of sp³-hybridized carbons (Fsp3) is 0.250. The summed E-state index contributed by atoms with van der Waals surface area (Å²) in [6.45, 7) is 6.30. The minimum absolute atomic E-state index is 0.0139. The molecular formula is C28H27ClN4O2. The van der Waals surface area contributed by atoms with Crippen LogP contribution in [0.25, 0.3) is 22.4 Å². The number of aromatic nitrogens is 3. The number of halogens is 1. The summed E-state index contributed by atoms with van der Waals surface area (Å²) in [5, 5.41) is 14.4. The summed E-state index contributed by atoms with van der Waals surface area (Å²) in [6.07, 6.45) is 4.95. The molecule has 0 atom stereocenters. The number of carbonyl (C=O) groups excluding carboxylic acids is 1. The van der Waals surface area contributed by atoms with Crippen LogP contribution in [-0.4, -0.2) is 30.7 Å². The first kappa shape index (κ1) is 23.1. The number of hydrogen-bond acceptors (Lipinski definition) is 4. The summed E-state index contributed by atoms with van der Waals surface area (Å²) in [7, 11) is 0. The van der Waals surface area contributed by atoms with Crippen LogP contribution in [0, 0.1) is 5.92 Å². The van der Waals surface area contributed by atoms with Crippen LogP contribution in [0.3, 0.4) is 0 Å². The highest BCUT2D eigenvalue weighted by Crippen LogP contribution is 2.35. The first-order chi connectivity index (χ1) is 16.9. The molecule has 1 aliphatic heterocycles. The minimum atomic E-state index is -0.0139. The number of phenolic OH excluding ortho intramolecular Hbond substituents is 1. The minimum Gasteiger partial charge on any atom is -0.508 e. The van der Waals surface area contributed by atoms with E-state index < -0.39 is 0 Å². The van der Waals surface area contributed by atoms with Gasteiger partial charge in [-0.1, -0.05) is 49.7 Å². The highest BCUT2D eigenvalue weighted by atomic mass is 35.5. The van der Waals surface area contributed by atoms with Crippen molar-refractivity contribution in [3.05, 3.63) is 88.8 Å². The lowest BCUT2D eigenvalue weighted by atomic mass is 9.98. The predicted molar refractivity (Wildman–Crippen MR) is 137 cm³/mol. The Morgan fingerprint density at radius 3 is 2.60 bits per heavy atom. The molecule has 0 saturated heterocycles. The van der Waals surface area contributed by atoms with E-state index in [1.165, 1.54) is 0 Å². The normalized spacial score (nSPS) is 13.0. The maximum absolute atomic E-state index is 13.2. The van der Waals surface area contributed by atoms with Crippen molar-refractivity contribution in [2.75, 3.05) is 0 Å². The first-order valence-corrected chi connectivity index (χ1v) is 12.1. The molecule has 7 heteroatoms. The lowest BCUT2D eigenvalue weighted by Crippen LogP contribution is -2.23. The van der Waals surface area contributed by atoms with Gasteiger partial charge >= 0.3 is 0 Å². The molecule has 0 saturated carbocycles. The monoisotopic (exact) mass is 486 g/mol. The van der Waals surface area contributed by atoms with E-state index in [-0.39, 0.29) is 11.7 Å². The van der Waals surface area contributed by atoms with Gasteiger partial charge < -0.3 is 10.0 Å². The molecule has 5 rings (SSSR count). The molecule has 0 aliphatic carbocycles. The van der Waals surface area contributed by atoms with Crippen LogP contribution in [0.5, 0.6) is 5.75 Å². The maximum Gasteiger partial charge on any atom is 0.254 e. The van der Waals surface area contributed by atoms with Gasteiger partial charge in [-0.05, 0) is 53.8 Å². The molecule has 1 aliphatic rings. The van der Waals surface area contributed by atoms with E-state index in [1.807, 2.05) is 58.4 Å². The number of fused-ring (bicyclic) bond motifs is 1. The highest BCUT2D eigenvalue weighted by molar-refractivity contribution is 6.29. The average molecular weight is 487 g/mol. The smallest absolute Gasteiger partial charge is 0.254 e. The Hall–Kier alpha value is -3.64. The number of aromatic hydroxyl groups is 1. The van der Waals surface area contributed by atoms with Gasteiger partial charge in [-0.3, -0.25) is 9.48 Å². The molecule has 2 aromatic carbocycles. The Morgan fingerprint density at radius 2 is 1.83 bits per heavy atom. The summed E-state index contributed by atoms with van der Waals surface area (Å²) < 4.78 is 1.96. The molecule has 0 radical (unpaired) electrons. The van der Waals surface area contributed by atoms with E-state index in [1.54, 1.807) is 18.2 Å². The molecular weight excluding hydrogens is 460 g/mol. The lowest BCUT2D eigenvalue weighted by molar-refractivity contribution is 0.0766. The molecule has 0 spiro atoms. The van der Waals surface area contributed by atoms with Gasteiger partial charge in [0.05, 0.1) is 11.9 Å². The number of rotatable bonds is 7. The van der Waals surface area contributed by atoms with Crippen molar-refractivity contribution in [3.63, 3.8) is 0 Å². The van der Waals surface area contributed by atoms with Crippen molar-refractivity contribution < 1.29 is 9.90 Å². The van der Waals surface area contributed by atoms with Gasteiger partial charge in [0.25, 0.3) is 5.91 Å². The van der Waals surface area contributed by atoms with E-state index in [0.717, 1.165) is 46.5 Å². The number of phenols is 1. The number of nitrogens with zero attached hydrogens (tertiary/aromatic N) is 4. The Morgan fingerprint density at radius 1 is 1.03 bits per heavy atom. The maximum atomic E-state index is 13.2. The zero-order valence-corrected chi connectivity index (χ0v) is 20.5. The van der Waals surface area contributed by atoms with Crippen LogP contribution in [0.1, 0.15) is 41.8 Å². The summed E-state index contributed by atoms with van der Waals surface area (Å²) in [6, 6.07) is 16.6. The van der Waals surface area contributed by atoms with E-state index >= 15 is 0 Å². The summed E-state index contributed by atoms with van der Waals surface area (Å²) >= 11 is 6.29. The van der Waals surface area contributed by atoms with Crippen LogP contribution in [0.4, 0.5) is 0 Å². The predicted octanol–water partition coefficient (Wildman–Crippen LogP) is 6.17. The Balaban J connectivity index is 1.44. The SMILES string of the molecule is CC(C)CCn1cc(-c2ccc(Cl)nc2-c2ccc3c(c2)C(=O)N(Cc2ccc(O)cc2)C3)cn1. The van der Waals surface area contributed by atoms with Gasteiger partial charge in [0.1, 0.15) is 10.9 Å². The zero-order chi connectivity index (χ0) is 24.5. The van der Waals surface area contributed by atoms with Gasteiger partial charge in [0.2, 0.25) is 0 Å². The van der Waals surface area contributed by atoms with Crippen molar-refractivity contribution >= 4 is 17.5 Å². The molecule has 6 nitrogen and oxygen atoms in total. The van der Waals surface area contributed by atoms with Crippen LogP contribution in [0.2, 0.25) is 5.15 Å². The van der Waals surface area contributed by atoms with Crippen molar-refractivity contribution in [1.29, 1.82) is 0 Å². The standard InChI is InChI=1S/C28H27ClN4O2/c1-18(2)11-12-33-17-22(14-30-33)24-9-10-26(29)31-27(24)20-5-6-21-16-32(28(35)25(21)13-20)15-19-3-7-23(34)8-4-19/h3-10,13-14,17-18,34H,11-12,15-16H2,1-2H3. The van der Waals surface area contributed by atoms with Crippen molar-refractivity contribution in [2.45, 2.75) is 39.9 Å². The van der Waals surface area contributed by atoms with E-state index in [4.69, 9.17) is 11.6 Å². The molecule has 1 N–H and O–H groups in total. The van der Waals surface area contributed by atoms with Crippen LogP contribution in [-0.2, 0) is 19.6 Å². The topological polar surface area (TPSA) is 71.2 Å². The van der Waals surface area contributed by atoms with Crippen LogP contribution in [0.15, 0.2) is 67.0 Å². The molecule has 0 bridgehead atoms. The highest BCUT2D eigenvalue weighted by Gasteiger charge is 2.28. The number of amides is 1. The number of benzene rings is 2. The molecule has 0 unspecified atom stereocenters. The van der Waals surface area contributed by atoms with Crippen LogP contribution >= 0.6 is 11.6 Å². The summed E-state index contributed by atoms with van der Waals surface area (Å²) in [4.78, 5) is 19.7. The Labute approximate surface area is 209 Å². The molecule has 3 heterocycles. The Bertz CT molecular complexity index is 1380. The second kappa shape index (κ2) is 9.55. The largest absolute Gasteiger partial charge is 0.508 e. The fourth-order valence-electron chi connectivity index (χ4n) is 4.36. The van der Waals surface area contributed by atoms with Gasteiger partial charge in [0.15, 0.2) is 0 Å². The lowest BCUT2D eigenvalue weighted by Gasteiger charge is -2.15. The molecule has 4 aromatic rings. The van der Waals surface area contributed by atoms with Crippen molar-refractivity contribution in [2.24, 2.45) is 5.92 Å². The van der Waals surface area contributed by atoms with Crippen LogP contribution < -0.4 is 0 Å². The summed E-state index contributed by atoms with van der Waals surface area (Å²) in [5.41, 5.74) is 6.11. The second-order valence-corrected chi connectivity index (χ2v) is 9.79. The third-order valence-corrected chi connectivity index (χ3v) is 6.52. The average Bonchev–Trinajstić information content (AvgIpc) is 3.43. The first-order valence-electron chi connectivity index (χ1n) is 11.8. The van der Waals surface area contributed by atoms with Gasteiger partial charge in [-0.2, -0.15) is 5.10 Å². The zero-order valence-electron chi connectivity index (χ0n) is 19.8. The molecule has 178 valence electrons. The number of hydrogen-bond donors (Lipinski definition) is 1. The number of pyridine rings is 1. The van der Waals surface area contributed by atoms with Crippen molar-refractivity contribution in [3.8, 4) is 28.1 Å². The van der Waals surface area contributed by atoms with E-state index in [0.29, 0.717) is 29.7 Å². The van der Waals surface area contributed by atoms with Gasteiger partial charge in [-0.25, -0.2) is 4.98 Å². The molecule has 1 amide bonds. The summed E-state index contributed by atoms with van der Waals surface area (Å²) in [5.74, 6) is 0.803. The molecule has 35 heavy (non-hydrogen) atoms. The quantitative estimate of drug-likeness (QED) is 0.317. The van der Waals surface area contributed by atoms with Gasteiger partial charge in [-0.15, -0.1) is 0 Å². The Kier molecular flexibility index (Phi) is 6.31. The number of carbonyl (C=O) groups is 1. The molecule has 2 aromatic heterocycles. The molecule has 0 fully saturated rings. The van der Waals surface area contributed by atoms with E-state index in [2.05, 4.69) is 23.9 Å². The fourth-order valence-corrected chi connectivity index (χ4v) is 4.51. The van der Waals surface area contributed by atoms with Crippen molar-refractivity contribution in [1.82, 2.24) is 19.7 Å². The number of aryl methyl sites for hydroxylation is 1. The van der Waals surface area contributed by atoms with E-state index in [9.17, 15) is 9.90 Å². The third-order valence-electron chi connectivity index (χ3n) is 6.31. The third kappa shape index (κ3) is 4.93. The second-order valence-electron chi connectivity index (χ2n) is 9.40. The van der Waals surface area contributed by atoms with Gasteiger partial charge in [0, 0.05) is 48.1 Å².